The van der Waals surface area contributed by atoms with Gasteiger partial charge < -0.3 is 5.11 Å². The smallest absolute Gasteiger partial charge is 0.0793 e. The first-order valence-corrected chi connectivity index (χ1v) is 9.33. The third-order valence-electron chi connectivity index (χ3n) is 4.97. The van der Waals surface area contributed by atoms with Gasteiger partial charge in [-0.2, -0.15) is 5.10 Å². The molecule has 0 radical (unpaired) electrons. The highest BCUT2D eigenvalue weighted by atomic mass is 16.3. The molecule has 25 heavy (non-hydrogen) atoms. The zero-order chi connectivity index (χ0) is 17.5. The second-order valence-corrected chi connectivity index (χ2v) is 7.21. The third-order valence-corrected chi connectivity index (χ3v) is 4.97. The number of rotatable bonds is 8. The zero-order valence-corrected chi connectivity index (χ0v) is 15.2. The molecule has 1 saturated heterocycles. The van der Waals surface area contributed by atoms with E-state index in [1.807, 2.05) is 29.2 Å². The van der Waals surface area contributed by atoms with Crippen LogP contribution >= 0.6 is 0 Å². The van der Waals surface area contributed by atoms with Crippen LogP contribution in [-0.4, -0.2) is 63.5 Å². The van der Waals surface area contributed by atoms with Crippen molar-refractivity contribution in [2.24, 2.45) is 0 Å². The van der Waals surface area contributed by atoms with E-state index in [4.69, 9.17) is 0 Å². The number of hydrogen-bond acceptors (Lipinski definition) is 4. The number of aliphatic hydroxyl groups is 1. The predicted octanol–water partition coefficient (Wildman–Crippen LogP) is 2.23. The Morgan fingerprint density at radius 3 is 2.84 bits per heavy atom. The van der Waals surface area contributed by atoms with Gasteiger partial charge in [-0.05, 0) is 38.1 Å². The van der Waals surface area contributed by atoms with Crippen molar-refractivity contribution in [1.82, 2.24) is 19.6 Å². The molecule has 0 unspecified atom stereocenters. The van der Waals surface area contributed by atoms with Crippen molar-refractivity contribution in [3.8, 4) is 0 Å². The van der Waals surface area contributed by atoms with Crippen molar-refractivity contribution in [3.63, 3.8) is 0 Å². The first-order chi connectivity index (χ1) is 12.2. The Hall–Kier alpha value is -1.69. The Balaban J connectivity index is 1.48. The lowest BCUT2D eigenvalue weighted by atomic mass is 10.0. The van der Waals surface area contributed by atoms with E-state index in [0.29, 0.717) is 12.6 Å². The van der Waals surface area contributed by atoms with E-state index in [1.54, 1.807) is 0 Å². The van der Waals surface area contributed by atoms with E-state index >= 15 is 0 Å². The molecule has 1 aromatic heterocycles. The number of aliphatic hydroxyl groups excluding tert-OH is 1. The Morgan fingerprint density at radius 1 is 1.24 bits per heavy atom. The average Bonchev–Trinajstić information content (AvgIpc) is 3.10. The first kappa shape index (κ1) is 18.1. The van der Waals surface area contributed by atoms with Crippen LogP contribution in [0.4, 0.5) is 0 Å². The minimum atomic E-state index is -0.327. The van der Waals surface area contributed by atoms with E-state index in [-0.39, 0.29) is 6.10 Å². The molecule has 0 bridgehead atoms. The monoisotopic (exact) mass is 342 g/mol. The van der Waals surface area contributed by atoms with E-state index < -0.39 is 0 Å². The van der Waals surface area contributed by atoms with Crippen LogP contribution in [0.3, 0.4) is 0 Å². The van der Waals surface area contributed by atoms with Crippen molar-refractivity contribution in [3.05, 3.63) is 54.4 Å². The van der Waals surface area contributed by atoms with Gasteiger partial charge in [0.2, 0.25) is 0 Å². The van der Waals surface area contributed by atoms with E-state index in [2.05, 4.69) is 46.2 Å². The number of likely N-dealkylation sites (tertiary alicyclic amines) is 1. The highest BCUT2D eigenvalue weighted by molar-refractivity contribution is 5.14. The van der Waals surface area contributed by atoms with Gasteiger partial charge in [-0.3, -0.25) is 14.5 Å². The molecule has 2 aromatic rings. The third kappa shape index (κ3) is 5.66. The number of benzene rings is 1. The van der Waals surface area contributed by atoms with Gasteiger partial charge in [0.1, 0.15) is 0 Å². The molecule has 2 atom stereocenters. The van der Waals surface area contributed by atoms with Gasteiger partial charge in [0.15, 0.2) is 0 Å². The van der Waals surface area contributed by atoms with Crippen LogP contribution in [0.1, 0.15) is 24.8 Å². The maximum atomic E-state index is 10.6. The minimum Gasteiger partial charge on any atom is -0.390 e. The summed E-state index contributed by atoms with van der Waals surface area (Å²) in [5.74, 6) is 0. The summed E-state index contributed by atoms with van der Waals surface area (Å²) in [5.41, 5.74) is 1.28. The molecule has 1 aliphatic rings. The van der Waals surface area contributed by atoms with Crippen molar-refractivity contribution < 1.29 is 5.11 Å². The van der Waals surface area contributed by atoms with Gasteiger partial charge in [-0.25, -0.2) is 0 Å². The molecule has 0 aliphatic carbocycles. The molecule has 1 aliphatic heterocycles. The molecule has 5 heteroatoms. The molecule has 0 saturated carbocycles. The lowest BCUT2D eigenvalue weighted by molar-refractivity contribution is 0.0422. The average molecular weight is 342 g/mol. The number of piperidine rings is 1. The standard InChI is InChI=1S/C20H30N4O/c1-22(14-18-8-3-2-4-9-18)16-20(25)17-23-12-6-5-10-19(23)15-24-13-7-11-21-24/h2-4,7-9,11,13,19-20,25H,5-6,10,12,14-17H2,1H3/t19-,20+/m0/s1. The molecule has 3 rings (SSSR count). The summed E-state index contributed by atoms with van der Waals surface area (Å²) in [6.45, 7) is 4.30. The lowest BCUT2D eigenvalue weighted by Gasteiger charge is -2.37. The van der Waals surface area contributed by atoms with Crippen LogP contribution in [-0.2, 0) is 13.1 Å². The van der Waals surface area contributed by atoms with Crippen LogP contribution in [0.5, 0.6) is 0 Å². The Morgan fingerprint density at radius 2 is 2.08 bits per heavy atom. The maximum absolute atomic E-state index is 10.6. The van der Waals surface area contributed by atoms with Crippen LogP contribution in [0, 0.1) is 0 Å². The molecule has 0 spiro atoms. The summed E-state index contributed by atoms with van der Waals surface area (Å²) in [6, 6.07) is 12.9. The molecular formula is C20H30N4O. The fourth-order valence-corrected chi connectivity index (χ4v) is 3.78. The molecule has 1 aromatic carbocycles. The molecule has 2 heterocycles. The zero-order valence-electron chi connectivity index (χ0n) is 15.2. The summed E-state index contributed by atoms with van der Waals surface area (Å²) >= 11 is 0. The molecule has 0 amide bonds. The topological polar surface area (TPSA) is 44.5 Å². The van der Waals surface area contributed by atoms with Crippen molar-refractivity contribution in [1.29, 1.82) is 0 Å². The van der Waals surface area contributed by atoms with E-state index in [1.165, 1.54) is 24.8 Å². The molecule has 5 nitrogen and oxygen atoms in total. The SMILES string of the molecule is CN(Cc1ccccc1)C[C@@H](O)CN1CCCC[C@H]1Cn1cccn1. The second-order valence-electron chi connectivity index (χ2n) is 7.21. The van der Waals surface area contributed by atoms with E-state index in [0.717, 1.165) is 26.2 Å². The number of hydrogen-bond donors (Lipinski definition) is 1. The van der Waals surface area contributed by atoms with Gasteiger partial charge >= 0.3 is 0 Å². The molecular weight excluding hydrogens is 312 g/mol. The quantitative estimate of drug-likeness (QED) is 0.799. The summed E-state index contributed by atoms with van der Waals surface area (Å²) in [7, 11) is 2.08. The Bertz CT molecular complexity index is 601. The molecule has 1 fully saturated rings. The normalized spacial score (nSPS) is 20.0. The Kier molecular flexibility index (Phi) is 6.62. The molecule has 1 N–H and O–H groups in total. The van der Waals surface area contributed by atoms with Crippen LogP contribution < -0.4 is 0 Å². The first-order valence-electron chi connectivity index (χ1n) is 9.33. The number of nitrogens with zero attached hydrogens (tertiary/aromatic N) is 4. The predicted molar refractivity (Wildman–Crippen MR) is 100 cm³/mol. The fourth-order valence-electron chi connectivity index (χ4n) is 3.78. The van der Waals surface area contributed by atoms with Gasteiger partial charge in [-0.15, -0.1) is 0 Å². The van der Waals surface area contributed by atoms with E-state index in [9.17, 15) is 5.11 Å². The molecule has 136 valence electrons. The van der Waals surface area contributed by atoms with Gasteiger partial charge in [-0.1, -0.05) is 36.8 Å². The summed E-state index contributed by atoms with van der Waals surface area (Å²) in [4.78, 5) is 4.65. The maximum Gasteiger partial charge on any atom is 0.0793 e. The highest BCUT2D eigenvalue weighted by Gasteiger charge is 2.25. The highest BCUT2D eigenvalue weighted by Crippen LogP contribution is 2.19. The fraction of sp³-hybridized carbons (Fsp3) is 0.550. The minimum absolute atomic E-state index is 0.327. The van der Waals surface area contributed by atoms with Crippen molar-refractivity contribution >= 4 is 0 Å². The van der Waals surface area contributed by atoms with Gasteiger partial charge in [0, 0.05) is 38.1 Å². The van der Waals surface area contributed by atoms with Gasteiger partial charge in [0.25, 0.3) is 0 Å². The lowest BCUT2D eigenvalue weighted by Crippen LogP contribution is -2.47. The van der Waals surface area contributed by atoms with Crippen LogP contribution in [0.25, 0.3) is 0 Å². The van der Waals surface area contributed by atoms with Crippen molar-refractivity contribution in [2.75, 3.05) is 26.7 Å². The summed E-state index contributed by atoms with van der Waals surface area (Å²) in [6.07, 6.45) is 7.21. The summed E-state index contributed by atoms with van der Waals surface area (Å²) < 4.78 is 2.01. The number of aromatic nitrogens is 2. The van der Waals surface area contributed by atoms with Crippen LogP contribution in [0.15, 0.2) is 48.8 Å². The van der Waals surface area contributed by atoms with Gasteiger partial charge in [0.05, 0.1) is 12.6 Å². The number of β-amino-alcohol motifs (C(OH)–C–C–N with tert-alkyl or cyclic N) is 1. The second kappa shape index (κ2) is 9.13. The Labute approximate surface area is 150 Å². The number of likely N-dealkylation sites (N-methyl/N-ethyl adjacent to an activating group) is 1. The van der Waals surface area contributed by atoms with Crippen LogP contribution in [0.2, 0.25) is 0 Å². The van der Waals surface area contributed by atoms with Crippen molar-refractivity contribution in [2.45, 2.75) is 44.5 Å². The largest absolute Gasteiger partial charge is 0.390 e. The summed E-state index contributed by atoms with van der Waals surface area (Å²) in [5, 5.41) is 14.9.